The monoisotopic (exact) mass is 436 g/mol. The second kappa shape index (κ2) is 9.41. The fraction of sp³-hybridized carbons (Fsp3) is 0.240. The number of carbonyl (C=O) groups excluding carboxylic acids is 1. The molecule has 31 heavy (non-hydrogen) atoms. The lowest BCUT2D eigenvalue weighted by molar-refractivity contribution is 0.102. The van der Waals surface area contributed by atoms with E-state index < -0.39 is 0 Å². The number of nitrogens with one attached hydrogen (secondary N) is 1. The molecule has 1 amide bonds. The molecule has 3 aromatic carbocycles. The molecule has 1 heterocycles. The van der Waals surface area contributed by atoms with Gasteiger partial charge in [-0.05, 0) is 35.2 Å². The van der Waals surface area contributed by atoms with Crippen LogP contribution < -0.4 is 14.8 Å². The summed E-state index contributed by atoms with van der Waals surface area (Å²) in [6.07, 6.45) is 0.874. The van der Waals surface area contributed by atoms with Crippen LogP contribution in [0.2, 0.25) is 5.02 Å². The minimum atomic E-state index is -0.262. The van der Waals surface area contributed by atoms with Crippen molar-refractivity contribution in [3.05, 3.63) is 87.9 Å². The van der Waals surface area contributed by atoms with Crippen LogP contribution in [0, 0.1) is 0 Å². The summed E-state index contributed by atoms with van der Waals surface area (Å²) < 4.78 is 10.6. The molecule has 0 aliphatic carbocycles. The summed E-state index contributed by atoms with van der Waals surface area (Å²) in [5, 5.41) is 3.41. The SMILES string of the molecule is COc1cc(OC)c(C(=O)Nc2cccc3c2CCN(Cc2ccccc2)C3)cc1Cl. The molecule has 5 nitrogen and oxygen atoms in total. The van der Waals surface area contributed by atoms with E-state index in [-0.39, 0.29) is 5.91 Å². The average Bonchev–Trinajstić information content (AvgIpc) is 2.79. The van der Waals surface area contributed by atoms with Crippen LogP contribution in [0.4, 0.5) is 5.69 Å². The van der Waals surface area contributed by atoms with Crippen LogP contribution in [0.25, 0.3) is 0 Å². The average molecular weight is 437 g/mol. The minimum absolute atomic E-state index is 0.262. The second-order valence-electron chi connectivity index (χ2n) is 7.53. The number of fused-ring (bicyclic) bond motifs is 1. The first-order chi connectivity index (χ1) is 15.1. The molecule has 0 aromatic heterocycles. The molecule has 0 fully saturated rings. The summed E-state index contributed by atoms with van der Waals surface area (Å²) >= 11 is 6.24. The molecule has 4 rings (SSSR count). The second-order valence-corrected chi connectivity index (χ2v) is 7.94. The summed E-state index contributed by atoms with van der Waals surface area (Å²) in [6, 6.07) is 19.7. The van der Waals surface area contributed by atoms with Crippen molar-refractivity contribution in [1.82, 2.24) is 4.90 Å². The number of benzene rings is 3. The van der Waals surface area contributed by atoms with Crippen molar-refractivity contribution in [3.8, 4) is 11.5 Å². The minimum Gasteiger partial charge on any atom is -0.496 e. The summed E-state index contributed by atoms with van der Waals surface area (Å²) in [5.74, 6) is 0.616. The van der Waals surface area contributed by atoms with Crippen molar-refractivity contribution in [3.63, 3.8) is 0 Å². The predicted molar refractivity (Wildman–Crippen MR) is 123 cm³/mol. The fourth-order valence-electron chi connectivity index (χ4n) is 3.99. The smallest absolute Gasteiger partial charge is 0.259 e. The third-order valence-corrected chi connectivity index (χ3v) is 5.86. The molecular weight excluding hydrogens is 412 g/mol. The summed E-state index contributed by atoms with van der Waals surface area (Å²) in [5.41, 5.74) is 4.92. The van der Waals surface area contributed by atoms with E-state index in [1.165, 1.54) is 30.9 Å². The highest BCUT2D eigenvalue weighted by Gasteiger charge is 2.22. The lowest BCUT2D eigenvalue weighted by Gasteiger charge is -2.30. The first-order valence-electron chi connectivity index (χ1n) is 10.2. The van der Waals surface area contributed by atoms with Crippen LogP contribution in [0.1, 0.15) is 27.0 Å². The van der Waals surface area contributed by atoms with Gasteiger partial charge < -0.3 is 14.8 Å². The first kappa shape index (κ1) is 21.2. The van der Waals surface area contributed by atoms with Gasteiger partial charge in [0.2, 0.25) is 0 Å². The Bertz CT molecular complexity index is 1090. The molecular formula is C25H25ClN2O3. The van der Waals surface area contributed by atoms with Crippen molar-refractivity contribution in [2.24, 2.45) is 0 Å². The molecule has 160 valence electrons. The van der Waals surface area contributed by atoms with Crippen LogP contribution >= 0.6 is 11.6 Å². The zero-order chi connectivity index (χ0) is 21.8. The maximum Gasteiger partial charge on any atom is 0.259 e. The number of amides is 1. The maximum atomic E-state index is 13.0. The number of nitrogens with zero attached hydrogens (tertiary/aromatic N) is 1. The largest absolute Gasteiger partial charge is 0.496 e. The molecule has 1 N–H and O–H groups in total. The molecule has 0 saturated carbocycles. The third-order valence-electron chi connectivity index (χ3n) is 5.56. The first-order valence-corrected chi connectivity index (χ1v) is 10.6. The van der Waals surface area contributed by atoms with E-state index in [9.17, 15) is 4.79 Å². The van der Waals surface area contributed by atoms with Crippen molar-refractivity contribution < 1.29 is 14.3 Å². The van der Waals surface area contributed by atoms with Crippen LogP contribution in [-0.4, -0.2) is 31.6 Å². The van der Waals surface area contributed by atoms with E-state index in [4.69, 9.17) is 21.1 Å². The predicted octanol–water partition coefficient (Wildman–Crippen LogP) is 5.17. The fourth-order valence-corrected chi connectivity index (χ4v) is 4.23. The van der Waals surface area contributed by atoms with Gasteiger partial charge in [-0.15, -0.1) is 0 Å². The van der Waals surface area contributed by atoms with Crippen LogP contribution in [0.15, 0.2) is 60.7 Å². The van der Waals surface area contributed by atoms with Crippen LogP contribution in [0.3, 0.4) is 0 Å². The van der Waals surface area contributed by atoms with Gasteiger partial charge in [0.1, 0.15) is 11.5 Å². The van der Waals surface area contributed by atoms with Gasteiger partial charge in [0.15, 0.2) is 0 Å². The lowest BCUT2D eigenvalue weighted by atomic mass is 9.97. The van der Waals surface area contributed by atoms with Gasteiger partial charge in [-0.25, -0.2) is 0 Å². The Morgan fingerprint density at radius 1 is 1.03 bits per heavy atom. The number of rotatable bonds is 6. The Hall–Kier alpha value is -3.02. The Kier molecular flexibility index (Phi) is 6.44. The van der Waals surface area contributed by atoms with E-state index in [0.717, 1.165) is 31.7 Å². The standard InChI is InChI=1S/C25H25ClN2O3/c1-30-23-14-24(31-2)21(26)13-20(23)25(29)27-22-10-6-9-18-16-28(12-11-19(18)22)15-17-7-4-3-5-8-17/h3-10,13-14H,11-12,15-16H2,1-2H3,(H,27,29). The molecule has 0 bridgehead atoms. The van der Waals surface area contributed by atoms with Crippen molar-refractivity contribution in [2.45, 2.75) is 19.5 Å². The van der Waals surface area contributed by atoms with E-state index in [1.807, 2.05) is 18.2 Å². The molecule has 0 radical (unpaired) electrons. The van der Waals surface area contributed by atoms with Gasteiger partial charge in [0.25, 0.3) is 5.91 Å². The van der Waals surface area contributed by atoms with E-state index in [2.05, 4.69) is 40.5 Å². The van der Waals surface area contributed by atoms with Gasteiger partial charge in [0, 0.05) is 31.4 Å². The molecule has 0 spiro atoms. The molecule has 6 heteroatoms. The number of carbonyl (C=O) groups is 1. The molecule has 1 aliphatic heterocycles. The highest BCUT2D eigenvalue weighted by atomic mass is 35.5. The molecule has 0 atom stereocenters. The number of hydrogen-bond acceptors (Lipinski definition) is 4. The number of methoxy groups -OCH3 is 2. The zero-order valence-electron chi connectivity index (χ0n) is 17.7. The molecule has 0 unspecified atom stereocenters. The maximum absolute atomic E-state index is 13.0. The van der Waals surface area contributed by atoms with Gasteiger partial charge >= 0.3 is 0 Å². The number of ether oxygens (including phenoxy) is 2. The van der Waals surface area contributed by atoms with Gasteiger partial charge in [-0.1, -0.05) is 54.1 Å². The summed E-state index contributed by atoms with van der Waals surface area (Å²) in [4.78, 5) is 15.5. The van der Waals surface area contributed by atoms with Crippen LogP contribution in [0.5, 0.6) is 11.5 Å². The Morgan fingerprint density at radius 3 is 2.55 bits per heavy atom. The van der Waals surface area contributed by atoms with Crippen LogP contribution in [-0.2, 0) is 19.5 Å². The highest BCUT2D eigenvalue weighted by molar-refractivity contribution is 6.32. The van der Waals surface area contributed by atoms with Gasteiger partial charge in [-0.3, -0.25) is 9.69 Å². The number of halogens is 1. The molecule has 0 saturated heterocycles. The summed E-state index contributed by atoms with van der Waals surface area (Å²) in [6.45, 7) is 2.70. The third kappa shape index (κ3) is 4.68. The Morgan fingerprint density at radius 2 is 1.81 bits per heavy atom. The van der Waals surface area contributed by atoms with E-state index >= 15 is 0 Å². The summed E-state index contributed by atoms with van der Waals surface area (Å²) in [7, 11) is 3.04. The van der Waals surface area contributed by atoms with E-state index in [1.54, 1.807) is 12.1 Å². The quantitative estimate of drug-likeness (QED) is 0.579. The highest BCUT2D eigenvalue weighted by Crippen LogP contribution is 2.34. The Balaban J connectivity index is 1.53. The van der Waals surface area contributed by atoms with E-state index in [0.29, 0.717) is 22.1 Å². The topological polar surface area (TPSA) is 50.8 Å². The van der Waals surface area contributed by atoms with Crippen molar-refractivity contribution in [1.29, 1.82) is 0 Å². The van der Waals surface area contributed by atoms with Gasteiger partial charge in [-0.2, -0.15) is 0 Å². The Labute approximate surface area is 187 Å². The number of anilines is 1. The molecule has 1 aliphatic rings. The van der Waals surface area contributed by atoms with Gasteiger partial charge in [0.05, 0.1) is 24.8 Å². The number of hydrogen-bond donors (Lipinski definition) is 1. The lowest BCUT2D eigenvalue weighted by Crippen LogP contribution is -2.30. The van der Waals surface area contributed by atoms with Crippen molar-refractivity contribution in [2.75, 3.05) is 26.1 Å². The molecule has 3 aromatic rings. The normalized spacial score (nSPS) is 13.4. The van der Waals surface area contributed by atoms with Crippen molar-refractivity contribution >= 4 is 23.2 Å². The zero-order valence-corrected chi connectivity index (χ0v) is 18.4.